The smallest absolute Gasteiger partial charge is 0.326 e. The number of hydrogen-bond donors (Lipinski definition) is 2. The quantitative estimate of drug-likeness (QED) is 0.610. The van der Waals surface area contributed by atoms with Crippen molar-refractivity contribution in [2.45, 2.75) is 31.0 Å². The first-order valence-corrected chi connectivity index (χ1v) is 11.5. The molecule has 9 heteroatoms. The number of carbonyl (C=O) groups is 1. The maximum absolute atomic E-state index is 12.8. The topological polar surface area (TPSA) is 81.6 Å². The maximum atomic E-state index is 12.8. The van der Waals surface area contributed by atoms with Crippen molar-refractivity contribution in [1.29, 1.82) is 0 Å². The monoisotopic (exact) mass is 474 g/mol. The lowest BCUT2D eigenvalue weighted by Crippen LogP contribution is -2.48. The first kappa shape index (κ1) is 21.5. The minimum atomic E-state index is -0.597. The number of nitrogens with zero attached hydrogens (tertiary/aromatic N) is 3. The first-order chi connectivity index (χ1) is 15.4. The van der Waals surface area contributed by atoms with Crippen LogP contribution in [-0.4, -0.2) is 68.7 Å². The second kappa shape index (κ2) is 8.56. The zero-order valence-corrected chi connectivity index (χ0v) is 18.9. The summed E-state index contributed by atoms with van der Waals surface area (Å²) in [5.41, 5.74) is 2.05. The molecule has 3 heterocycles. The summed E-state index contributed by atoms with van der Waals surface area (Å²) >= 11 is 12.0. The van der Waals surface area contributed by atoms with Crippen molar-refractivity contribution < 1.29 is 9.90 Å². The Balaban J connectivity index is 1.26. The number of aliphatic hydroxyl groups is 1. The third-order valence-corrected chi connectivity index (χ3v) is 7.14. The summed E-state index contributed by atoms with van der Waals surface area (Å²) in [6.07, 6.45) is 0.994. The summed E-state index contributed by atoms with van der Waals surface area (Å²) < 4.78 is 1.82. The number of carbonyl (C=O) groups excluding carboxylic acids is 1. The van der Waals surface area contributed by atoms with E-state index in [1.807, 2.05) is 10.6 Å². The highest BCUT2D eigenvalue weighted by atomic mass is 35.5. The number of amides is 1. The molecule has 0 aliphatic carbocycles. The predicted molar refractivity (Wildman–Crippen MR) is 125 cm³/mol. The summed E-state index contributed by atoms with van der Waals surface area (Å²) in [5.74, 6) is -0.0953. The number of aromatic amines is 1. The Morgan fingerprint density at radius 3 is 2.41 bits per heavy atom. The van der Waals surface area contributed by atoms with Gasteiger partial charge in [0.2, 0.25) is 0 Å². The average Bonchev–Trinajstić information content (AvgIpc) is 3.32. The van der Waals surface area contributed by atoms with Crippen molar-refractivity contribution in [3.05, 3.63) is 68.6 Å². The Bertz CT molecular complexity index is 1200. The number of fused-ring (bicyclic) bond motifs is 1. The Labute approximate surface area is 195 Å². The molecular weight excluding hydrogens is 451 g/mol. The number of aromatic nitrogens is 2. The van der Waals surface area contributed by atoms with Crippen LogP contribution in [-0.2, 0) is 0 Å². The highest BCUT2D eigenvalue weighted by Gasteiger charge is 2.39. The number of imidazole rings is 1. The van der Waals surface area contributed by atoms with Crippen LogP contribution in [0.2, 0.25) is 10.0 Å². The molecule has 2 atom stereocenters. The van der Waals surface area contributed by atoms with Crippen molar-refractivity contribution in [3.63, 3.8) is 0 Å². The van der Waals surface area contributed by atoms with Crippen LogP contribution in [0.1, 0.15) is 29.2 Å². The second-order valence-electron chi connectivity index (χ2n) is 8.58. The van der Waals surface area contributed by atoms with Gasteiger partial charge in [-0.1, -0.05) is 23.2 Å². The van der Waals surface area contributed by atoms with Crippen molar-refractivity contribution in [1.82, 2.24) is 19.4 Å². The van der Waals surface area contributed by atoms with Crippen LogP contribution in [0.5, 0.6) is 0 Å². The molecule has 0 radical (unpaired) electrons. The van der Waals surface area contributed by atoms with Crippen LogP contribution in [0.25, 0.3) is 11.0 Å². The Morgan fingerprint density at radius 2 is 1.69 bits per heavy atom. The molecule has 2 aliphatic heterocycles. The summed E-state index contributed by atoms with van der Waals surface area (Å²) in [4.78, 5) is 32.2. The molecular formula is C23H24Cl2N4O3. The number of aliphatic hydroxyl groups excluding tert-OH is 1. The third-order valence-electron chi connectivity index (χ3n) is 6.65. The highest BCUT2D eigenvalue weighted by Crippen LogP contribution is 2.29. The molecule has 2 aromatic carbocycles. The fourth-order valence-electron chi connectivity index (χ4n) is 5.01. The lowest BCUT2D eigenvalue weighted by Gasteiger charge is -2.37. The van der Waals surface area contributed by atoms with E-state index in [9.17, 15) is 14.7 Å². The van der Waals surface area contributed by atoms with Crippen LogP contribution in [0.15, 0.2) is 47.3 Å². The molecule has 32 heavy (non-hydrogen) atoms. The molecule has 2 aliphatic rings. The van der Waals surface area contributed by atoms with Crippen molar-refractivity contribution >= 4 is 40.1 Å². The molecule has 1 amide bonds. The van der Waals surface area contributed by atoms with Gasteiger partial charge in [0.05, 0.1) is 23.2 Å². The number of likely N-dealkylation sites (tertiary alicyclic amines) is 2. The zero-order chi connectivity index (χ0) is 22.4. The second-order valence-corrected chi connectivity index (χ2v) is 9.45. The zero-order valence-electron chi connectivity index (χ0n) is 17.4. The predicted octanol–water partition coefficient (Wildman–Crippen LogP) is 3.16. The van der Waals surface area contributed by atoms with Crippen molar-refractivity contribution in [2.24, 2.45) is 0 Å². The van der Waals surface area contributed by atoms with E-state index in [1.54, 1.807) is 41.3 Å². The Kier molecular flexibility index (Phi) is 5.75. The van der Waals surface area contributed by atoms with Gasteiger partial charge in [0, 0.05) is 47.8 Å². The van der Waals surface area contributed by atoms with Crippen LogP contribution in [0.4, 0.5) is 0 Å². The highest BCUT2D eigenvalue weighted by molar-refractivity contribution is 6.31. The van der Waals surface area contributed by atoms with E-state index in [0.29, 0.717) is 28.7 Å². The number of β-amino-alcohol motifs (C(OH)–C–C–N with tert-alkyl or cyclic N) is 1. The standard InChI is InChI=1S/C23H24Cl2N4O3/c24-15-3-1-14(2-4-15)22(31)28-12-20(21(30)13-28)27-9-7-17(8-10-27)29-19-6-5-16(25)11-18(19)26-23(29)32/h1-6,11,17,20-21,30H,7-10,12-13H2,(H,26,32)/t20-,21-/m1/s1. The van der Waals surface area contributed by atoms with Gasteiger partial charge < -0.3 is 15.0 Å². The number of rotatable bonds is 3. The SMILES string of the molecule is O=C(c1ccc(Cl)cc1)N1C[C@@H](O)[C@H](N2CCC(n3c(=O)[nH]c4cc(Cl)ccc43)CC2)C1. The van der Waals surface area contributed by atoms with E-state index in [0.717, 1.165) is 37.0 Å². The van der Waals surface area contributed by atoms with Gasteiger partial charge in [-0.25, -0.2) is 4.79 Å². The number of piperidine rings is 1. The summed E-state index contributed by atoms with van der Waals surface area (Å²) in [6, 6.07) is 12.2. The molecule has 7 nitrogen and oxygen atoms in total. The lowest BCUT2D eigenvalue weighted by molar-refractivity contribution is 0.0602. The van der Waals surface area contributed by atoms with E-state index >= 15 is 0 Å². The van der Waals surface area contributed by atoms with Crippen LogP contribution >= 0.6 is 23.2 Å². The molecule has 0 unspecified atom stereocenters. The molecule has 1 aromatic heterocycles. The van der Waals surface area contributed by atoms with E-state index in [2.05, 4.69) is 9.88 Å². The molecule has 0 spiro atoms. The molecule has 2 saturated heterocycles. The van der Waals surface area contributed by atoms with Gasteiger partial charge in [0.15, 0.2) is 0 Å². The summed E-state index contributed by atoms with van der Waals surface area (Å²) in [7, 11) is 0. The average molecular weight is 475 g/mol. The van der Waals surface area contributed by atoms with Gasteiger partial charge in [-0.3, -0.25) is 14.3 Å². The van der Waals surface area contributed by atoms with Gasteiger partial charge in [-0.05, 0) is 55.3 Å². The minimum Gasteiger partial charge on any atom is -0.390 e. The van der Waals surface area contributed by atoms with E-state index in [4.69, 9.17) is 23.2 Å². The number of nitrogens with one attached hydrogen (secondary N) is 1. The largest absolute Gasteiger partial charge is 0.390 e. The van der Waals surface area contributed by atoms with Gasteiger partial charge in [0.25, 0.3) is 5.91 Å². The molecule has 2 N–H and O–H groups in total. The van der Waals surface area contributed by atoms with Crippen LogP contribution < -0.4 is 5.69 Å². The summed E-state index contributed by atoms with van der Waals surface area (Å²) in [6.45, 7) is 2.30. The molecule has 168 valence electrons. The normalized spacial score (nSPS) is 22.7. The van der Waals surface area contributed by atoms with E-state index in [1.165, 1.54) is 0 Å². The number of halogens is 2. The van der Waals surface area contributed by atoms with Gasteiger partial charge in [0.1, 0.15) is 0 Å². The fourth-order valence-corrected chi connectivity index (χ4v) is 5.31. The van der Waals surface area contributed by atoms with E-state index < -0.39 is 6.10 Å². The van der Waals surface area contributed by atoms with E-state index in [-0.39, 0.29) is 23.7 Å². The maximum Gasteiger partial charge on any atom is 0.326 e. The molecule has 0 bridgehead atoms. The first-order valence-electron chi connectivity index (χ1n) is 10.8. The fraction of sp³-hybridized carbons (Fsp3) is 0.391. The molecule has 0 saturated carbocycles. The van der Waals surface area contributed by atoms with Crippen molar-refractivity contribution in [2.75, 3.05) is 26.2 Å². The van der Waals surface area contributed by atoms with Crippen molar-refractivity contribution in [3.8, 4) is 0 Å². The molecule has 5 rings (SSSR count). The third kappa shape index (κ3) is 3.94. The van der Waals surface area contributed by atoms with Gasteiger partial charge in [-0.2, -0.15) is 0 Å². The Hall–Kier alpha value is -2.32. The molecule has 2 fully saturated rings. The Morgan fingerprint density at radius 1 is 1.00 bits per heavy atom. The van der Waals surface area contributed by atoms with Gasteiger partial charge >= 0.3 is 5.69 Å². The van der Waals surface area contributed by atoms with Gasteiger partial charge in [-0.15, -0.1) is 0 Å². The summed E-state index contributed by atoms with van der Waals surface area (Å²) in [5, 5.41) is 11.9. The van der Waals surface area contributed by atoms with Crippen LogP contribution in [0.3, 0.4) is 0 Å². The lowest BCUT2D eigenvalue weighted by atomic mass is 10.0. The minimum absolute atomic E-state index is 0.0824. The number of H-pyrrole nitrogens is 1. The number of benzene rings is 2. The number of hydrogen-bond acceptors (Lipinski definition) is 4. The van der Waals surface area contributed by atoms with Crippen LogP contribution in [0, 0.1) is 0 Å². The molecule has 3 aromatic rings.